The van der Waals surface area contributed by atoms with E-state index >= 15 is 0 Å². The van der Waals surface area contributed by atoms with Crippen LogP contribution in [-0.2, 0) is 6.42 Å². The number of piperidine rings is 1. The second-order valence-corrected chi connectivity index (χ2v) is 6.26. The average molecular weight is 307 g/mol. The molecule has 2 aliphatic rings. The zero-order chi connectivity index (χ0) is 15.6. The molecule has 0 unspecified atom stereocenters. The number of hydrogen-bond acceptors (Lipinski definition) is 3. The van der Waals surface area contributed by atoms with Crippen molar-refractivity contribution < 1.29 is 4.79 Å². The molecule has 4 heteroatoms. The molecule has 0 atom stereocenters. The van der Waals surface area contributed by atoms with Gasteiger partial charge in [0.2, 0.25) is 0 Å². The SMILES string of the molecule is O=C(c1cccc(N2CCCCC2)n1)N1CCc2ccccc21. The molecule has 4 nitrogen and oxygen atoms in total. The highest BCUT2D eigenvalue weighted by molar-refractivity contribution is 6.06. The molecule has 118 valence electrons. The highest BCUT2D eigenvalue weighted by Crippen LogP contribution is 2.29. The summed E-state index contributed by atoms with van der Waals surface area (Å²) in [5.74, 6) is 0.942. The molecule has 23 heavy (non-hydrogen) atoms. The van der Waals surface area contributed by atoms with Crippen LogP contribution >= 0.6 is 0 Å². The second-order valence-electron chi connectivity index (χ2n) is 6.26. The summed E-state index contributed by atoms with van der Waals surface area (Å²) in [4.78, 5) is 21.7. The van der Waals surface area contributed by atoms with Crippen LogP contribution in [0.4, 0.5) is 11.5 Å². The quantitative estimate of drug-likeness (QED) is 0.854. The fourth-order valence-electron chi connectivity index (χ4n) is 3.53. The lowest BCUT2D eigenvalue weighted by Gasteiger charge is -2.28. The van der Waals surface area contributed by atoms with Crippen LogP contribution in [0.25, 0.3) is 0 Å². The van der Waals surface area contributed by atoms with Crippen LogP contribution in [0, 0.1) is 0 Å². The summed E-state index contributed by atoms with van der Waals surface area (Å²) in [7, 11) is 0. The summed E-state index contributed by atoms with van der Waals surface area (Å²) in [6, 6.07) is 13.9. The zero-order valence-corrected chi connectivity index (χ0v) is 13.2. The highest BCUT2D eigenvalue weighted by atomic mass is 16.2. The summed E-state index contributed by atoms with van der Waals surface area (Å²) in [6.07, 6.45) is 4.63. The van der Waals surface area contributed by atoms with Gasteiger partial charge in [-0.15, -0.1) is 0 Å². The van der Waals surface area contributed by atoms with Crippen molar-refractivity contribution in [1.82, 2.24) is 4.98 Å². The van der Waals surface area contributed by atoms with E-state index in [1.54, 1.807) is 0 Å². The van der Waals surface area contributed by atoms with E-state index in [1.807, 2.05) is 41.3 Å². The Kier molecular flexibility index (Phi) is 3.74. The summed E-state index contributed by atoms with van der Waals surface area (Å²) >= 11 is 0. The number of nitrogens with zero attached hydrogens (tertiary/aromatic N) is 3. The molecule has 0 saturated carbocycles. The van der Waals surface area contributed by atoms with Gasteiger partial charge < -0.3 is 9.80 Å². The molecule has 0 bridgehead atoms. The molecule has 2 aliphatic heterocycles. The van der Waals surface area contributed by atoms with Crippen LogP contribution in [0.1, 0.15) is 35.3 Å². The minimum Gasteiger partial charge on any atom is -0.357 e. The van der Waals surface area contributed by atoms with Gasteiger partial charge in [-0.05, 0) is 49.4 Å². The molecule has 0 spiro atoms. The van der Waals surface area contributed by atoms with Gasteiger partial charge >= 0.3 is 0 Å². The number of fused-ring (bicyclic) bond motifs is 1. The fraction of sp³-hybridized carbons (Fsp3) is 0.368. The molecule has 3 heterocycles. The van der Waals surface area contributed by atoms with Gasteiger partial charge in [0.15, 0.2) is 0 Å². The Labute approximate surface area is 136 Å². The van der Waals surface area contributed by atoms with Gasteiger partial charge in [0.25, 0.3) is 5.91 Å². The number of carbonyl (C=O) groups is 1. The Balaban J connectivity index is 1.60. The van der Waals surface area contributed by atoms with E-state index in [0.29, 0.717) is 5.69 Å². The Morgan fingerprint density at radius 3 is 2.61 bits per heavy atom. The lowest BCUT2D eigenvalue weighted by Crippen LogP contribution is -2.32. The third kappa shape index (κ3) is 2.69. The zero-order valence-electron chi connectivity index (χ0n) is 13.2. The topological polar surface area (TPSA) is 36.4 Å². The third-order valence-electron chi connectivity index (χ3n) is 4.77. The molecular formula is C19H21N3O. The Morgan fingerprint density at radius 2 is 1.74 bits per heavy atom. The molecule has 1 aromatic carbocycles. The van der Waals surface area contributed by atoms with Gasteiger partial charge in [-0.2, -0.15) is 0 Å². The van der Waals surface area contributed by atoms with Gasteiger partial charge in [-0.1, -0.05) is 24.3 Å². The van der Waals surface area contributed by atoms with Gasteiger partial charge in [-0.25, -0.2) is 4.98 Å². The maximum Gasteiger partial charge on any atom is 0.276 e. The summed E-state index contributed by atoms with van der Waals surface area (Å²) in [5, 5.41) is 0. The largest absolute Gasteiger partial charge is 0.357 e. The summed E-state index contributed by atoms with van der Waals surface area (Å²) in [6.45, 7) is 2.82. The summed E-state index contributed by atoms with van der Waals surface area (Å²) < 4.78 is 0. The van der Waals surface area contributed by atoms with E-state index < -0.39 is 0 Å². The van der Waals surface area contributed by atoms with Crippen LogP contribution in [0.5, 0.6) is 0 Å². The van der Waals surface area contributed by atoms with Gasteiger partial charge in [0.1, 0.15) is 11.5 Å². The predicted molar refractivity (Wildman–Crippen MR) is 92.1 cm³/mol. The molecule has 0 radical (unpaired) electrons. The molecule has 0 N–H and O–H groups in total. The summed E-state index contributed by atoms with van der Waals surface area (Å²) in [5.41, 5.74) is 2.82. The van der Waals surface area contributed by atoms with Crippen molar-refractivity contribution in [2.75, 3.05) is 29.4 Å². The van der Waals surface area contributed by atoms with Gasteiger partial charge in [0, 0.05) is 25.3 Å². The van der Waals surface area contributed by atoms with E-state index in [1.165, 1.54) is 24.8 Å². The standard InChI is InChI=1S/C19H21N3O/c23-19(22-14-11-15-7-2-3-9-17(15)22)16-8-6-10-18(20-16)21-12-4-1-5-13-21/h2-3,6-10H,1,4-5,11-14H2. The normalized spacial score (nSPS) is 17.2. The average Bonchev–Trinajstić information content (AvgIpc) is 3.06. The minimum absolute atomic E-state index is 0.00816. The Bertz CT molecular complexity index is 722. The van der Waals surface area contributed by atoms with E-state index in [2.05, 4.69) is 16.0 Å². The molecule has 1 amide bonds. The monoisotopic (exact) mass is 307 g/mol. The first-order valence-electron chi connectivity index (χ1n) is 8.45. The van der Waals surface area contributed by atoms with Crippen molar-refractivity contribution in [3.05, 3.63) is 53.7 Å². The first-order chi connectivity index (χ1) is 11.3. The smallest absolute Gasteiger partial charge is 0.276 e. The van der Waals surface area contributed by atoms with Crippen molar-refractivity contribution in [3.8, 4) is 0 Å². The van der Waals surface area contributed by atoms with E-state index in [9.17, 15) is 4.79 Å². The Hall–Kier alpha value is -2.36. The Morgan fingerprint density at radius 1 is 0.913 bits per heavy atom. The van der Waals surface area contributed by atoms with Crippen molar-refractivity contribution >= 4 is 17.4 Å². The van der Waals surface area contributed by atoms with Gasteiger partial charge in [0.05, 0.1) is 0 Å². The van der Waals surface area contributed by atoms with Crippen LogP contribution in [0.15, 0.2) is 42.5 Å². The lowest BCUT2D eigenvalue weighted by atomic mass is 10.1. The maximum atomic E-state index is 12.9. The van der Waals surface area contributed by atoms with Crippen molar-refractivity contribution in [2.24, 2.45) is 0 Å². The van der Waals surface area contributed by atoms with Crippen LogP contribution in [-0.4, -0.2) is 30.5 Å². The molecule has 4 rings (SSSR count). The fourth-order valence-corrected chi connectivity index (χ4v) is 3.53. The number of rotatable bonds is 2. The third-order valence-corrected chi connectivity index (χ3v) is 4.77. The van der Waals surface area contributed by atoms with E-state index in [0.717, 1.165) is 37.6 Å². The number of hydrogen-bond donors (Lipinski definition) is 0. The molecule has 1 saturated heterocycles. The van der Waals surface area contributed by atoms with E-state index in [4.69, 9.17) is 0 Å². The predicted octanol–water partition coefficient (Wildman–Crippen LogP) is 3.27. The van der Waals surface area contributed by atoms with E-state index in [-0.39, 0.29) is 5.91 Å². The lowest BCUT2D eigenvalue weighted by molar-refractivity contribution is 0.0984. The molecule has 2 aromatic rings. The molecule has 1 aromatic heterocycles. The number of aromatic nitrogens is 1. The van der Waals surface area contributed by atoms with Crippen molar-refractivity contribution in [1.29, 1.82) is 0 Å². The first-order valence-corrected chi connectivity index (χ1v) is 8.45. The van der Waals surface area contributed by atoms with Crippen molar-refractivity contribution in [2.45, 2.75) is 25.7 Å². The van der Waals surface area contributed by atoms with Crippen molar-refractivity contribution in [3.63, 3.8) is 0 Å². The van der Waals surface area contributed by atoms with Crippen LogP contribution < -0.4 is 9.80 Å². The van der Waals surface area contributed by atoms with Gasteiger partial charge in [-0.3, -0.25) is 4.79 Å². The number of para-hydroxylation sites is 1. The molecule has 0 aliphatic carbocycles. The second kappa shape index (κ2) is 6.03. The maximum absolute atomic E-state index is 12.9. The highest BCUT2D eigenvalue weighted by Gasteiger charge is 2.26. The first kappa shape index (κ1) is 14.2. The van der Waals surface area contributed by atoms with Crippen LogP contribution in [0.3, 0.4) is 0 Å². The number of benzene rings is 1. The minimum atomic E-state index is 0.00816. The number of pyridine rings is 1. The number of anilines is 2. The number of amides is 1. The van der Waals surface area contributed by atoms with Crippen LogP contribution in [0.2, 0.25) is 0 Å². The molecule has 1 fully saturated rings. The molecular weight excluding hydrogens is 286 g/mol. The number of carbonyl (C=O) groups excluding carboxylic acids is 1.